The van der Waals surface area contributed by atoms with Gasteiger partial charge in [-0.05, 0) is 36.4 Å². The second-order valence-corrected chi connectivity index (χ2v) is 6.14. The number of furan rings is 1. The van der Waals surface area contributed by atoms with Crippen molar-refractivity contribution in [3.63, 3.8) is 0 Å². The highest BCUT2D eigenvalue weighted by molar-refractivity contribution is 6.09. The molecule has 30 heavy (non-hydrogen) atoms. The van der Waals surface area contributed by atoms with Crippen LogP contribution in [0.2, 0.25) is 0 Å². The summed E-state index contributed by atoms with van der Waals surface area (Å²) in [5, 5.41) is 12.8. The molecule has 4 aromatic rings. The maximum atomic E-state index is 14.3. The number of hydrogen-bond acceptors (Lipinski definition) is 7. The summed E-state index contributed by atoms with van der Waals surface area (Å²) in [6.07, 6.45) is 4.17. The molecule has 0 fully saturated rings. The van der Waals surface area contributed by atoms with Gasteiger partial charge in [0.1, 0.15) is 5.82 Å². The maximum absolute atomic E-state index is 14.3. The molecule has 9 nitrogen and oxygen atoms in total. The van der Waals surface area contributed by atoms with Crippen LogP contribution in [0.15, 0.2) is 63.9 Å². The van der Waals surface area contributed by atoms with Crippen LogP contribution in [0.4, 0.5) is 15.8 Å². The molecule has 0 unspecified atom stereocenters. The van der Waals surface area contributed by atoms with Crippen LogP contribution in [-0.2, 0) is 4.79 Å². The van der Waals surface area contributed by atoms with Gasteiger partial charge in [-0.15, -0.1) is 10.2 Å². The van der Waals surface area contributed by atoms with Gasteiger partial charge in [0.25, 0.3) is 11.8 Å². The van der Waals surface area contributed by atoms with Crippen LogP contribution in [-0.4, -0.2) is 27.0 Å². The molecule has 0 aliphatic carbocycles. The summed E-state index contributed by atoms with van der Waals surface area (Å²) < 4.78 is 25.1. The number of benzene rings is 1. The Morgan fingerprint density at radius 1 is 1.03 bits per heavy atom. The van der Waals surface area contributed by atoms with E-state index in [1.165, 1.54) is 49.8 Å². The van der Waals surface area contributed by atoms with E-state index in [1.54, 1.807) is 12.1 Å². The third-order valence-electron chi connectivity index (χ3n) is 3.99. The molecule has 1 aromatic carbocycles. The van der Waals surface area contributed by atoms with E-state index in [-0.39, 0.29) is 34.6 Å². The number of nitrogens with zero attached hydrogens (tertiary/aromatic N) is 3. The van der Waals surface area contributed by atoms with E-state index in [9.17, 15) is 14.0 Å². The summed E-state index contributed by atoms with van der Waals surface area (Å²) in [6, 6.07) is 8.78. The first-order chi connectivity index (χ1) is 14.5. The summed E-state index contributed by atoms with van der Waals surface area (Å²) in [4.78, 5) is 27.9. The number of anilines is 2. The van der Waals surface area contributed by atoms with Gasteiger partial charge in [-0.25, -0.2) is 4.39 Å². The number of hydrogen-bond donors (Lipinski definition) is 2. The van der Waals surface area contributed by atoms with Crippen LogP contribution < -0.4 is 10.6 Å². The number of pyridine rings is 1. The first-order valence-electron chi connectivity index (χ1n) is 8.71. The van der Waals surface area contributed by atoms with Crippen molar-refractivity contribution in [1.82, 2.24) is 15.2 Å². The van der Waals surface area contributed by atoms with Gasteiger partial charge >= 0.3 is 0 Å². The van der Waals surface area contributed by atoms with Gasteiger partial charge in [-0.1, -0.05) is 0 Å². The fourth-order valence-corrected chi connectivity index (χ4v) is 2.66. The van der Waals surface area contributed by atoms with Crippen LogP contribution in [0.3, 0.4) is 0 Å². The van der Waals surface area contributed by atoms with Gasteiger partial charge in [-0.2, -0.15) is 0 Å². The average molecular weight is 407 g/mol. The highest BCUT2D eigenvalue weighted by atomic mass is 19.1. The molecule has 4 rings (SSSR count). The molecular weight excluding hydrogens is 393 g/mol. The Kier molecular flexibility index (Phi) is 5.04. The Bertz CT molecular complexity index is 1220. The van der Waals surface area contributed by atoms with Crippen molar-refractivity contribution in [2.45, 2.75) is 6.92 Å². The molecule has 0 spiro atoms. The largest absolute Gasteiger partial charge is 0.459 e. The van der Waals surface area contributed by atoms with Gasteiger partial charge in [0.15, 0.2) is 5.76 Å². The smallest absolute Gasteiger partial charge is 0.283 e. The van der Waals surface area contributed by atoms with E-state index in [1.807, 2.05) is 0 Å². The quantitative estimate of drug-likeness (QED) is 0.516. The fraction of sp³-hybridized carbons (Fsp3) is 0.0500. The monoisotopic (exact) mass is 407 g/mol. The van der Waals surface area contributed by atoms with Crippen LogP contribution >= 0.6 is 0 Å². The van der Waals surface area contributed by atoms with Gasteiger partial charge in [-0.3, -0.25) is 14.6 Å². The molecule has 0 saturated carbocycles. The minimum atomic E-state index is -0.664. The number of aromatic nitrogens is 3. The SMILES string of the molecule is CC(=O)Nc1ccncc1C(=O)Nc1cc(-c2nnc(-c3ccco3)o2)ccc1F. The number of halogens is 1. The molecule has 3 aromatic heterocycles. The zero-order chi connectivity index (χ0) is 21.1. The van der Waals surface area contributed by atoms with Crippen LogP contribution in [0.5, 0.6) is 0 Å². The Morgan fingerprint density at radius 2 is 1.87 bits per heavy atom. The highest BCUT2D eigenvalue weighted by Gasteiger charge is 2.17. The number of nitrogens with one attached hydrogen (secondary N) is 2. The molecule has 150 valence electrons. The Balaban J connectivity index is 1.60. The summed E-state index contributed by atoms with van der Waals surface area (Å²) in [6.45, 7) is 1.31. The normalized spacial score (nSPS) is 10.6. The lowest BCUT2D eigenvalue weighted by Gasteiger charge is -2.11. The highest BCUT2D eigenvalue weighted by Crippen LogP contribution is 2.28. The van der Waals surface area contributed by atoms with Gasteiger partial charge in [0.2, 0.25) is 11.8 Å². The predicted molar refractivity (Wildman–Crippen MR) is 104 cm³/mol. The Labute approximate surface area is 169 Å². The van der Waals surface area contributed by atoms with Gasteiger partial charge in [0.05, 0.1) is 23.2 Å². The number of rotatable bonds is 5. The van der Waals surface area contributed by atoms with Gasteiger partial charge < -0.3 is 19.5 Å². The summed E-state index contributed by atoms with van der Waals surface area (Å²) in [5.41, 5.74) is 0.625. The zero-order valence-electron chi connectivity index (χ0n) is 15.5. The van der Waals surface area contributed by atoms with Crippen LogP contribution in [0.1, 0.15) is 17.3 Å². The third kappa shape index (κ3) is 3.92. The number of amides is 2. The molecule has 2 N–H and O–H groups in total. The molecule has 0 aliphatic heterocycles. The molecule has 0 saturated heterocycles. The van der Waals surface area contributed by atoms with Crippen LogP contribution in [0.25, 0.3) is 23.1 Å². The predicted octanol–water partition coefficient (Wildman–Crippen LogP) is 3.74. The molecule has 0 bridgehead atoms. The lowest BCUT2D eigenvalue weighted by atomic mass is 10.1. The summed E-state index contributed by atoms with van der Waals surface area (Å²) >= 11 is 0. The standard InChI is InChI=1S/C20H14FN5O4/c1-11(27)23-15-6-7-22-10-13(15)18(28)24-16-9-12(4-5-14(16)21)19-25-26-20(30-19)17-3-2-8-29-17/h2-10H,1H3,(H,24,28)(H,22,23,27). The van der Waals surface area contributed by atoms with E-state index in [0.29, 0.717) is 11.3 Å². The Hall–Kier alpha value is -4.34. The molecule has 0 aliphatic rings. The topological polar surface area (TPSA) is 123 Å². The van der Waals surface area contributed by atoms with Crippen molar-refractivity contribution in [1.29, 1.82) is 0 Å². The van der Waals surface area contributed by atoms with E-state index in [4.69, 9.17) is 8.83 Å². The minimum absolute atomic E-state index is 0.0791. The maximum Gasteiger partial charge on any atom is 0.283 e. The van der Waals surface area contributed by atoms with Crippen molar-refractivity contribution in [2.24, 2.45) is 0 Å². The summed E-state index contributed by atoms with van der Waals surface area (Å²) in [5.74, 6) is -0.983. The lowest BCUT2D eigenvalue weighted by Crippen LogP contribution is -2.17. The van der Waals surface area contributed by atoms with E-state index >= 15 is 0 Å². The zero-order valence-corrected chi connectivity index (χ0v) is 15.5. The molecule has 10 heteroatoms. The molecule has 0 atom stereocenters. The van der Waals surface area contributed by atoms with Crippen molar-refractivity contribution in [3.05, 3.63) is 66.4 Å². The van der Waals surface area contributed by atoms with E-state index in [2.05, 4.69) is 25.8 Å². The molecular formula is C20H14FN5O4. The minimum Gasteiger partial charge on any atom is -0.459 e. The van der Waals surface area contributed by atoms with Crippen molar-refractivity contribution in [3.8, 4) is 23.1 Å². The second-order valence-electron chi connectivity index (χ2n) is 6.14. The van der Waals surface area contributed by atoms with Crippen molar-refractivity contribution in [2.75, 3.05) is 10.6 Å². The van der Waals surface area contributed by atoms with E-state index < -0.39 is 11.7 Å². The average Bonchev–Trinajstić information content (AvgIpc) is 3.41. The van der Waals surface area contributed by atoms with Crippen molar-refractivity contribution < 1.29 is 22.8 Å². The Morgan fingerprint density at radius 3 is 2.63 bits per heavy atom. The van der Waals surface area contributed by atoms with Crippen LogP contribution in [0, 0.1) is 5.82 Å². The first-order valence-corrected chi connectivity index (χ1v) is 8.71. The molecule has 2 amide bonds. The first kappa shape index (κ1) is 19.0. The third-order valence-corrected chi connectivity index (χ3v) is 3.99. The van der Waals surface area contributed by atoms with Gasteiger partial charge in [0, 0.05) is 24.9 Å². The molecule has 3 heterocycles. The van der Waals surface area contributed by atoms with Crippen molar-refractivity contribution >= 4 is 23.2 Å². The molecule has 0 radical (unpaired) electrons. The van der Waals surface area contributed by atoms with E-state index in [0.717, 1.165) is 0 Å². The lowest BCUT2D eigenvalue weighted by molar-refractivity contribution is -0.114. The fourth-order valence-electron chi connectivity index (χ4n) is 2.66. The second kappa shape index (κ2) is 7.95. The number of carbonyl (C=O) groups excluding carboxylic acids is 2. The number of carbonyl (C=O) groups is 2. The summed E-state index contributed by atoms with van der Waals surface area (Å²) in [7, 11) is 0.